The number of halogens is 1. The van der Waals surface area contributed by atoms with Gasteiger partial charge in [0.2, 0.25) is 5.91 Å². The lowest BCUT2D eigenvalue weighted by atomic mass is 9.81. The van der Waals surface area contributed by atoms with E-state index in [4.69, 9.17) is 5.11 Å². The number of thiophene rings is 1. The molecular weight excluding hydrogens is 330 g/mol. The zero-order valence-corrected chi connectivity index (χ0v) is 12.8. The molecule has 2 N–H and O–H groups in total. The monoisotopic (exact) mass is 345 g/mol. The lowest BCUT2D eigenvalue weighted by molar-refractivity contribution is -0.144. The molecule has 2 rings (SSSR count). The molecular formula is C13H16BrNO3S. The number of carboxylic acid groups (broad SMARTS) is 1. The molecule has 0 aromatic carbocycles. The largest absolute Gasteiger partial charge is 0.481 e. The summed E-state index contributed by atoms with van der Waals surface area (Å²) >= 11 is 4.96. The van der Waals surface area contributed by atoms with Crippen LogP contribution in [0.1, 0.15) is 31.2 Å². The summed E-state index contributed by atoms with van der Waals surface area (Å²) in [6.45, 7) is 0.509. The Balaban J connectivity index is 1.84. The Morgan fingerprint density at radius 3 is 2.79 bits per heavy atom. The molecule has 0 aliphatic heterocycles. The van der Waals surface area contributed by atoms with Gasteiger partial charge in [-0.1, -0.05) is 6.42 Å². The quantitative estimate of drug-likeness (QED) is 0.881. The second-order valence-corrected chi connectivity index (χ2v) is 7.17. The number of carboxylic acids is 1. The molecule has 1 aliphatic carbocycles. The summed E-state index contributed by atoms with van der Waals surface area (Å²) in [6, 6.07) is 1.98. The predicted octanol–water partition coefficient (Wildman–Crippen LogP) is 3.02. The van der Waals surface area contributed by atoms with Gasteiger partial charge in [0.25, 0.3) is 0 Å². The molecule has 1 fully saturated rings. The smallest absolute Gasteiger partial charge is 0.306 e. The first-order valence-corrected chi connectivity index (χ1v) is 7.97. The normalized spacial score (nSPS) is 23.0. The van der Waals surface area contributed by atoms with Crippen LogP contribution >= 0.6 is 27.3 Å². The minimum atomic E-state index is -0.778. The number of carbonyl (C=O) groups excluding carboxylic acids is 1. The number of hydrogen-bond acceptors (Lipinski definition) is 3. The van der Waals surface area contributed by atoms with Crippen LogP contribution in [0, 0.1) is 11.8 Å². The lowest BCUT2D eigenvalue weighted by Crippen LogP contribution is -2.35. The first-order valence-electron chi connectivity index (χ1n) is 6.29. The molecule has 0 radical (unpaired) electrons. The zero-order chi connectivity index (χ0) is 13.8. The Hall–Kier alpha value is -0.880. The number of carbonyl (C=O) groups is 2. The molecule has 1 amide bonds. The maximum atomic E-state index is 12.0. The van der Waals surface area contributed by atoms with Crippen LogP contribution in [0.5, 0.6) is 0 Å². The zero-order valence-electron chi connectivity index (χ0n) is 10.4. The van der Waals surface area contributed by atoms with Crippen molar-refractivity contribution in [1.82, 2.24) is 5.32 Å². The molecule has 104 valence electrons. The van der Waals surface area contributed by atoms with E-state index in [9.17, 15) is 9.59 Å². The molecule has 2 unspecified atom stereocenters. The standard InChI is InChI=1S/C13H16BrNO3S/c14-11-4-8(7-19-11)6-15-12(16)9-2-1-3-10(5-9)13(17)18/h4,7,9-10H,1-3,5-6H2,(H,15,16)(H,17,18). The van der Waals surface area contributed by atoms with Gasteiger partial charge in [-0.15, -0.1) is 11.3 Å². The summed E-state index contributed by atoms with van der Waals surface area (Å²) in [5.74, 6) is -1.32. The third-order valence-corrected chi connectivity index (χ3v) is 5.04. The van der Waals surface area contributed by atoms with E-state index in [1.165, 1.54) is 0 Å². The number of aliphatic carboxylic acids is 1. The first-order chi connectivity index (χ1) is 9.06. The van der Waals surface area contributed by atoms with Crippen molar-refractivity contribution in [3.63, 3.8) is 0 Å². The van der Waals surface area contributed by atoms with Gasteiger partial charge in [-0.3, -0.25) is 9.59 Å². The van der Waals surface area contributed by atoms with Gasteiger partial charge in [-0.2, -0.15) is 0 Å². The number of nitrogens with one attached hydrogen (secondary N) is 1. The topological polar surface area (TPSA) is 66.4 Å². The van der Waals surface area contributed by atoms with Crippen molar-refractivity contribution >= 4 is 39.1 Å². The first kappa shape index (κ1) is 14.5. The Kier molecular flexibility index (Phi) is 4.99. The lowest BCUT2D eigenvalue weighted by Gasteiger charge is -2.25. The minimum Gasteiger partial charge on any atom is -0.481 e. The van der Waals surface area contributed by atoms with Crippen molar-refractivity contribution in [2.24, 2.45) is 11.8 Å². The van der Waals surface area contributed by atoms with Gasteiger partial charge < -0.3 is 10.4 Å². The molecule has 1 saturated carbocycles. The summed E-state index contributed by atoms with van der Waals surface area (Å²) < 4.78 is 1.04. The minimum absolute atomic E-state index is 0.0201. The number of hydrogen-bond donors (Lipinski definition) is 2. The fourth-order valence-electron chi connectivity index (χ4n) is 2.42. The van der Waals surface area contributed by atoms with Gasteiger partial charge in [0.05, 0.1) is 9.70 Å². The van der Waals surface area contributed by atoms with Crippen molar-refractivity contribution in [2.45, 2.75) is 32.2 Å². The highest BCUT2D eigenvalue weighted by Gasteiger charge is 2.30. The average Bonchev–Trinajstić information content (AvgIpc) is 2.82. The summed E-state index contributed by atoms with van der Waals surface area (Å²) in [7, 11) is 0. The second-order valence-electron chi connectivity index (χ2n) is 4.88. The fraction of sp³-hybridized carbons (Fsp3) is 0.538. The maximum absolute atomic E-state index is 12.0. The van der Waals surface area contributed by atoms with Gasteiger partial charge in [0.1, 0.15) is 0 Å². The van der Waals surface area contributed by atoms with Crippen molar-refractivity contribution in [3.05, 3.63) is 20.8 Å². The SMILES string of the molecule is O=C(O)C1CCCC(C(=O)NCc2csc(Br)c2)C1. The third kappa shape index (κ3) is 4.04. The Labute approximate surface area is 124 Å². The molecule has 19 heavy (non-hydrogen) atoms. The molecule has 1 aliphatic rings. The Morgan fingerprint density at radius 2 is 2.16 bits per heavy atom. The van der Waals surface area contributed by atoms with Crippen LogP contribution in [0.2, 0.25) is 0 Å². The van der Waals surface area contributed by atoms with Crippen molar-refractivity contribution in [3.8, 4) is 0 Å². The molecule has 1 heterocycles. The molecule has 0 bridgehead atoms. The third-order valence-electron chi connectivity index (χ3n) is 3.48. The van der Waals surface area contributed by atoms with Gasteiger partial charge in [0, 0.05) is 12.5 Å². The summed E-state index contributed by atoms with van der Waals surface area (Å²) in [5.41, 5.74) is 1.07. The van der Waals surface area contributed by atoms with Crippen LogP contribution in [0.25, 0.3) is 0 Å². The van der Waals surface area contributed by atoms with Crippen LogP contribution < -0.4 is 5.32 Å². The number of rotatable bonds is 4. The highest BCUT2D eigenvalue weighted by molar-refractivity contribution is 9.11. The average molecular weight is 346 g/mol. The predicted molar refractivity (Wildman–Crippen MR) is 76.9 cm³/mol. The number of amides is 1. The van der Waals surface area contributed by atoms with Crippen LogP contribution in [0.3, 0.4) is 0 Å². The van der Waals surface area contributed by atoms with E-state index in [0.29, 0.717) is 19.4 Å². The van der Waals surface area contributed by atoms with Crippen LogP contribution in [0.15, 0.2) is 15.2 Å². The van der Waals surface area contributed by atoms with E-state index in [-0.39, 0.29) is 17.7 Å². The summed E-state index contributed by atoms with van der Waals surface area (Å²) in [4.78, 5) is 23.0. The van der Waals surface area contributed by atoms with Crippen molar-refractivity contribution < 1.29 is 14.7 Å². The Bertz CT molecular complexity index is 474. The molecule has 0 spiro atoms. The fourth-order valence-corrected chi connectivity index (χ4v) is 3.63. The van der Waals surface area contributed by atoms with Gasteiger partial charge in [-0.05, 0) is 52.2 Å². The van der Waals surface area contributed by atoms with Crippen LogP contribution in [-0.2, 0) is 16.1 Å². The Morgan fingerprint density at radius 1 is 1.42 bits per heavy atom. The van der Waals surface area contributed by atoms with Crippen molar-refractivity contribution in [1.29, 1.82) is 0 Å². The van der Waals surface area contributed by atoms with Gasteiger partial charge in [-0.25, -0.2) is 0 Å². The molecule has 0 saturated heterocycles. The highest BCUT2D eigenvalue weighted by Crippen LogP contribution is 2.29. The van der Waals surface area contributed by atoms with Gasteiger partial charge in [0.15, 0.2) is 0 Å². The molecule has 4 nitrogen and oxygen atoms in total. The second kappa shape index (κ2) is 6.52. The van der Waals surface area contributed by atoms with E-state index < -0.39 is 5.97 Å². The summed E-state index contributed by atoms with van der Waals surface area (Å²) in [6.07, 6.45) is 2.77. The van der Waals surface area contributed by atoms with E-state index in [1.807, 2.05) is 11.4 Å². The van der Waals surface area contributed by atoms with Gasteiger partial charge >= 0.3 is 5.97 Å². The maximum Gasteiger partial charge on any atom is 0.306 e. The van der Waals surface area contributed by atoms with E-state index in [2.05, 4.69) is 21.2 Å². The highest BCUT2D eigenvalue weighted by atomic mass is 79.9. The van der Waals surface area contributed by atoms with Crippen LogP contribution in [0.4, 0.5) is 0 Å². The van der Waals surface area contributed by atoms with E-state index in [0.717, 1.165) is 22.2 Å². The molecule has 2 atom stereocenters. The summed E-state index contributed by atoms with van der Waals surface area (Å²) in [5, 5.41) is 13.9. The molecule has 6 heteroatoms. The van der Waals surface area contributed by atoms with E-state index >= 15 is 0 Å². The molecule has 1 aromatic rings. The van der Waals surface area contributed by atoms with E-state index in [1.54, 1.807) is 11.3 Å². The van der Waals surface area contributed by atoms with Crippen molar-refractivity contribution in [2.75, 3.05) is 0 Å². The van der Waals surface area contributed by atoms with Crippen LogP contribution in [-0.4, -0.2) is 17.0 Å². The molecule has 1 aromatic heterocycles.